The van der Waals surface area contributed by atoms with Crippen molar-refractivity contribution in [3.05, 3.63) is 59.5 Å². The van der Waals surface area contributed by atoms with E-state index in [1.165, 1.54) is 23.5 Å². The Hall–Kier alpha value is -3.26. The molecule has 1 amide bonds. The average Bonchev–Trinajstić information content (AvgIpc) is 3.37. The SMILES string of the molecule is CC1Cc2cc(-c3cc(C(=O)Nc4nc5ccc(F)cc5s4)no3)ccc2O1. The molecule has 1 aliphatic heterocycles. The maximum Gasteiger partial charge on any atom is 0.279 e. The summed E-state index contributed by atoms with van der Waals surface area (Å²) in [5, 5.41) is 6.92. The Bertz CT molecular complexity index is 1220. The fourth-order valence-electron chi connectivity index (χ4n) is 3.21. The Morgan fingerprint density at radius 1 is 1.25 bits per heavy atom. The van der Waals surface area contributed by atoms with Crippen LogP contribution in [0.5, 0.6) is 5.75 Å². The van der Waals surface area contributed by atoms with Gasteiger partial charge in [0.05, 0.1) is 10.2 Å². The Morgan fingerprint density at radius 2 is 2.14 bits per heavy atom. The number of nitrogens with one attached hydrogen (secondary N) is 1. The largest absolute Gasteiger partial charge is 0.490 e. The third-order valence-electron chi connectivity index (χ3n) is 4.49. The third-order valence-corrected chi connectivity index (χ3v) is 5.43. The van der Waals surface area contributed by atoms with E-state index in [0.717, 1.165) is 23.3 Å². The quantitative estimate of drug-likeness (QED) is 0.546. The van der Waals surface area contributed by atoms with Gasteiger partial charge >= 0.3 is 0 Å². The van der Waals surface area contributed by atoms with Gasteiger partial charge in [0.15, 0.2) is 16.6 Å². The van der Waals surface area contributed by atoms with Crippen molar-refractivity contribution in [2.24, 2.45) is 0 Å². The second-order valence-electron chi connectivity index (χ2n) is 6.62. The third kappa shape index (κ3) is 3.01. The minimum absolute atomic E-state index is 0.144. The van der Waals surface area contributed by atoms with Crippen molar-refractivity contribution in [2.45, 2.75) is 19.4 Å². The van der Waals surface area contributed by atoms with Gasteiger partial charge in [0.1, 0.15) is 17.7 Å². The first-order chi connectivity index (χ1) is 13.5. The number of thiazole rings is 1. The number of halogens is 1. The van der Waals surface area contributed by atoms with Crippen molar-refractivity contribution in [3.8, 4) is 17.1 Å². The molecule has 1 aliphatic rings. The molecule has 0 bridgehead atoms. The Labute approximate surface area is 162 Å². The summed E-state index contributed by atoms with van der Waals surface area (Å²) < 4.78 is 25.0. The maximum atomic E-state index is 13.3. The number of benzene rings is 2. The summed E-state index contributed by atoms with van der Waals surface area (Å²) in [6, 6.07) is 11.6. The van der Waals surface area contributed by atoms with Gasteiger partial charge in [-0.3, -0.25) is 10.1 Å². The van der Waals surface area contributed by atoms with Gasteiger partial charge in [0.2, 0.25) is 0 Å². The molecule has 2 aromatic carbocycles. The zero-order valence-electron chi connectivity index (χ0n) is 14.7. The van der Waals surface area contributed by atoms with Gasteiger partial charge in [-0.15, -0.1) is 0 Å². The fourth-order valence-corrected chi connectivity index (χ4v) is 4.09. The summed E-state index contributed by atoms with van der Waals surface area (Å²) in [6.45, 7) is 2.02. The van der Waals surface area contributed by atoms with Crippen molar-refractivity contribution in [3.63, 3.8) is 0 Å². The van der Waals surface area contributed by atoms with E-state index in [2.05, 4.69) is 15.5 Å². The zero-order chi connectivity index (χ0) is 19.3. The van der Waals surface area contributed by atoms with Gasteiger partial charge in [0, 0.05) is 18.1 Å². The molecule has 8 heteroatoms. The van der Waals surface area contributed by atoms with E-state index in [0.29, 0.717) is 21.1 Å². The monoisotopic (exact) mass is 395 g/mol. The number of anilines is 1. The molecular formula is C20H14FN3O3S. The van der Waals surface area contributed by atoms with Crippen molar-refractivity contribution in [1.82, 2.24) is 10.1 Å². The molecule has 0 aliphatic carbocycles. The van der Waals surface area contributed by atoms with Gasteiger partial charge < -0.3 is 9.26 Å². The minimum Gasteiger partial charge on any atom is -0.490 e. The molecule has 0 saturated heterocycles. The first kappa shape index (κ1) is 16.9. The van der Waals surface area contributed by atoms with Gasteiger partial charge in [-0.2, -0.15) is 0 Å². The molecule has 4 aromatic rings. The molecule has 1 N–H and O–H groups in total. The van der Waals surface area contributed by atoms with Crippen LogP contribution < -0.4 is 10.1 Å². The first-order valence-electron chi connectivity index (χ1n) is 8.69. The molecule has 0 spiro atoms. The molecular weight excluding hydrogens is 381 g/mol. The molecule has 6 nitrogen and oxygen atoms in total. The first-order valence-corrected chi connectivity index (χ1v) is 9.51. The number of carbonyl (C=O) groups excluding carboxylic acids is 1. The van der Waals surface area contributed by atoms with Crippen molar-refractivity contribution >= 4 is 32.6 Å². The van der Waals surface area contributed by atoms with E-state index in [1.807, 2.05) is 25.1 Å². The second kappa shape index (κ2) is 6.42. The van der Waals surface area contributed by atoms with Crippen LogP contribution in [0.1, 0.15) is 23.0 Å². The highest BCUT2D eigenvalue weighted by molar-refractivity contribution is 7.22. The number of ether oxygens (including phenoxy) is 1. The number of fused-ring (bicyclic) bond motifs is 2. The second-order valence-corrected chi connectivity index (χ2v) is 7.65. The zero-order valence-corrected chi connectivity index (χ0v) is 15.5. The predicted molar refractivity (Wildman–Crippen MR) is 103 cm³/mol. The highest BCUT2D eigenvalue weighted by Gasteiger charge is 2.21. The lowest BCUT2D eigenvalue weighted by Gasteiger charge is -2.02. The minimum atomic E-state index is -0.437. The molecule has 2 aromatic heterocycles. The number of carbonyl (C=O) groups is 1. The topological polar surface area (TPSA) is 77.3 Å². The number of aromatic nitrogens is 2. The number of hydrogen-bond donors (Lipinski definition) is 1. The molecule has 1 unspecified atom stereocenters. The van der Waals surface area contributed by atoms with Crippen LogP contribution in [0.2, 0.25) is 0 Å². The van der Waals surface area contributed by atoms with Crippen molar-refractivity contribution in [1.29, 1.82) is 0 Å². The summed E-state index contributed by atoms with van der Waals surface area (Å²) in [6.07, 6.45) is 0.992. The average molecular weight is 395 g/mol. The van der Waals surface area contributed by atoms with E-state index in [9.17, 15) is 9.18 Å². The smallest absolute Gasteiger partial charge is 0.279 e. The lowest BCUT2D eigenvalue weighted by Crippen LogP contribution is -2.11. The highest BCUT2D eigenvalue weighted by Crippen LogP contribution is 2.33. The molecule has 0 radical (unpaired) electrons. The number of hydrogen-bond acceptors (Lipinski definition) is 6. The summed E-state index contributed by atoms with van der Waals surface area (Å²) in [5.41, 5.74) is 2.70. The molecule has 0 saturated carbocycles. The number of nitrogens with zero attached hydrogens (tertiary/aromatic N) is 2. The molecule has 28 heavy (non-hydrogen) atoms. The van der Waals surface area contributed by atoms with Crippen LogP contribution in [0.4, 0.5) is 9.52 Å². The number of rotatable bonds is 3. The van der Waals surface area contributed by atoms with Crippen molar-refractivity contribution < 1.29 is 18.4 Å². The van der Waals surface area contributed by atoms with E-state index in [4.69, 9.17) is 9.26 Å². The standard InChI is InChI=1S/C20H14FN3O3S/c1-10-6-12-7-11(2-5-16(12)26-10)17-9-15(24-27-17)19(25)23-20-22-14-4-3-13(21)8-18(14)28-20/h2-5,7-10H,6H2,1H3,(H,22,23,25). The van der Waals surface area contributed by atoms with E-state index in [-0.39, 0.29) is 17.6 Å². The van der Waals surface area contributed by atoms with Crippen LogP contribution in [-0.4, -0.2) is 22.2 Å². The highest BCUT2D eigenvalue weighted by atomic mass is 32.1. The molecule has 5 rings (SSSR count). The van der Waals surface area contributed by atoms with Crippen LogP contribution in [0.25, 0.3) is 21.5 Å². The summed E-state index contributed by atoms with van der Waals surface area (Å²) in [5.74, 6) is 0.594. The summed E-state index contributed by atoms with van der Waals surface area (Å²) >= 11 is 1.20. The Balaban J connectivity index is 1.36. The van der Waals surface area contributed by atoms with Crippen LogP contribution in [0.3, 0.4) is 0 Å². The lowest BCUT2D eigenvalue weighted by molar-refractivity contribution is 0.101. The van der Waals surface area contributed by atoms with Gasteiger partial charge in [-0.05, 0) is 48.9 Å². The fraction of sp³-hybridized carbons (Fsp3) is 0.150. The van der Waals surface area contributed by atoms with E-state index >= 15 is 0 Å². The Kier molecular flexibility index (Phi) is 3.87. The van der Waals surface area contributed by atoms with E-state index < -0.39 is 5.91 Å². The lowest BCUT2D eigenvalue weighted by atomic mass is 10.1. The molecule has 1 atom stereocenters. The normalized spacial score (nSPS) is 15.4. The van der Waals surface area contributed by atoms with Crippen LogP contribution in [0.15, 0.2) is 47.0 Å². The molecule has 3 heterocycles. The summed E-state index contributed by atoms with van der Waals surface area (Å²) in [4.78, 5) is 16.7. The van der Waals surface area contributed by atoms with Crippen LogP contribution in [0, 0.1) is 5.82 Å². The van der Waals surface area contributed by atoms with Crippen molar-refractivity contribution in [2.75, 3.05) is 5.32 Å². The predicted octanol–water partition coefficient (Wildman–Crippen LogP) is 4.67. The van der Waals surface area contributed by atoms with Gasteiger partial charge in [-0.25, -0.2) is 9.37 Å². The Morgan fingerprint density at radius 3 is 3.04 bits per heavy atom. The summed E-state index contributed by atoms with van der Waals surface area (Å²) in [7, 11) is 0. The van der Waals surface area contributed by atoms with E-state index in [1.54, 1.807) is 12.1 Å². The molecule has 0 fully saturated rings. The van der Waals surface area contributed by atoms with Crippen LogP contribution >= 0.6 is 11.3 Å². The molecule has 140 valence electrons. The number of amides is 1. The maximum absolute atomic E-state index is 13.3. The van der Waals surface area contributed by atoms with Gasteiger partial charge in [0.25, 0.3) is 5.91 Å². The van der Waals surface area contributed by atoms with Crippen LogP contribution in [-0.2, 0) is 6.42 Å². The van der Waals surface area contributed by atoms with Gasteiger partial charge in [-0.1, -0.05) is 16.5 Å².